The number of carbonyl (C=O) groups is 1. The summed E-state index contributed by atoms with van der Waals surface area (Å²) in [6, 6.07) is 4.86. The lowest BCUT2D eigenvalue weighted by atomic mass is 10.0. The Labute approximate surface area is 94.0 Å². The van der Waals surface area contributed by atoms with Crippen LogP contribution in [0.3, 0.4) is 0 Å². The third-order valence-corrected chi connectivity index (χ3v) is 2.42. The van der Waals surface area contributed by atoms with E-state index in [1.807, 2.05) is 6.07 Å². The highest BCUT2D eigenvalue weighted by atomic mass is 79.9. The number of nitriles is 1. The van der Waals surface area contributed by atoms with Gasteiger partial charge in [0.25, 0.3) is 0 Å². The average Bonchev–Trinajstić information content (AvgIpc) is 2.16. The van der Waals surface area contributed by atoms with Gasteiger partial charge in [0, 0.05) is 10.4 Å². The molecule has 72 valence electrons. The number of nitrogens with zero attached hydrogens (tertiary/aromatic N) is 1. The summed E-state index contributed by atoms with van der Waals surface area (Å²) in [7, 11) is 0. The summed E-state index contributed by atoms with van der Waals surface area (Å²) in [5.41, 5.74) is 0.606. The molecule has 1 N–H and O–H groups in total. The molecule has 0 fully saturated rings. The highest BCUT2D eigenvalue weighted by Gasteiger charge is 2.14. The zero-order valence-corrected chi connectivity index (χ0v) is 9.26. The summed E-state index contributed by atoms with van der Waals surface area (Å²) >= 11 is 8.75. The molecule has 0 aliphatic heterocycles. The number of alkyl halides is 1. The van der Waals surface area contributed by atoms with Gasteiger partial charge in [-0.1, -0.05) is 15.9 Å². The van der Waals surface area contributed by atoms with Gasteiger partial charge in [-0.25, -0.2) is 4.79 Å². The maximum atomic E-state index is 10.8. The predicted molar refractivity (Wildman–Crippen MR) is 55.4 cm³/mol. The van der Waals surface area contributed by atoms with Gasteiger partial charge in [-0.3, -0.25) is 0 Å². The lowest BCUT2D eigenvalue weighted by molar-refractivity contribution is 0.0696. The molecule has 1 aromatic carbocycles. The van der Waals surface area contributed by atoms with Gasteiger partial charge in [0.05, 0.1) is 11.1 Å². The van der Waals surface area contributed by atoms with Gasteiger partial charge < -0.3 is 5.11 Å². The summed E-state index contributed by atoms with van der Waals surface area (Å²) in [5.74, 6) is -1.02. The van der Waals surface area contributed by atoms with Crippen LogP contribution in [0.15, 0.2) is 16.6 Å². The van der Waals surface area contributed by atoms with E-state index >= 15 is 0 Å². The number of halogens is 2. The molecule has 0 unspecified atom stereocenters. The van der Waals surface area contributed by atoms with E-state index in [0.717, 1.165) is 0 Å². The number of rotatable bonds is 2. The van der Waals surface area contributed by atoms with E-state index in [1.165, 1.54) is 6.07 Å². The van der Waals surface area contributed by atoms with Crippen molar-refractivity contribution in [2.24, 2.45) is 0 Å². The van der Waals surface area contributed by atoms with Crippen molar-refractivity contribution in [3.05, 3.63) is 33.3 Å². The summed E-state index contributed by atoms with van der Waals surface area (Å²) in [6.45, 7) is 0. The normalized spacial score (nSPS) is 9.50. The molecular weight excluding hydrogens is 269 g/mol. The number of aromatic carboxylic acids is 1. The predicted octanol–water partition coefficient (Wildman–Crippen LogP) is 2.76. The molecule has 0 bridgehead atoms. The zero-order valence-electron chi connectivity index (χ0n) is 6.92. The molecule has 0 heterocycles. The van der Waals surface area contributed by atoms with Crippen molar-refractivity contribution >= 4 is 33.5 Å². The van der Waals surface area contributed by atoms with Gasteiger partial charge in [0.1, 0.15) is 6.07 Å². The molecule has 0 aliphatic rings. The Kier molecular flexibility index (Phi) is 3.50. The Bertz CT molecular complexity index is 426. The lowest BCUT2D eigenvalue weighted by Gasteiger charge is -2.04. The van der Waals surface area contributed by atoms with E-state index in [1.54, 1.807) is 6.07 Å². The first-order chi connectivity index (χ1) is 6.60. The number of carboxylic acids is 1. The maximum Gasteiger partial charge on any atom is 0.337 e. The summed E-state index contributed by atoms with van der Waals surface area (Å²) in [6.07, 6.45) is 0. The van der Waals surface area contributed by atoms with Crippen molar-refractivity contribution in [2.45, 2.75) is 5.88 Å². The van der Waals surface area contributed by atoms with Crippen LogP contribution in [0, 0.1) is 11.3 Å². The summed E-state index contributed by atoms with van der Waals surface area (Å²) in [4.78, 5) is 10.8. The number of hydrogen-bond acceptors (Lipinski definition) is 2. The lowest BCUT2D eigenvalue weighted by Crippen LogP contribution is -2.03. The van der Waals surface area contributed by atoms with Gasteiger partial charge in [-0.15, -0.1) is 11.6 Å². The van der Waals surface area contributed by atoms with Crippen LogP contribution >= 0.6 is 27.5 Å². The molecule has 0 aromatic heterocycles. The quantitative estimate of drug-likeness (QED) is 0.844. The molecule has 14 heavy (non-hydrogen) atoms. The second-order valence-corrected chi connectivity index (χ2v) is 3.72. The second kappa shape index (κ2) is 4.45. The largest absolute Gasteiger partial charge is 0.478 e. The van der Waals surface area contributed by atoms with Crippen LogP contribution in [0.5, 0.6) is 0 Å². The van der Waals surface area contributed by atoms with E-state index in [2.05, 4.69) is 15.9 Å². The van der Waals surface area contributed by atoms with Crippen LogP contribution in [0.2, 0.25) is 0 Å². The van der Waals surface area contributed by atoms with Gasteiger partial charge in [0.15, 0.2) is 0 Å². The molecule has 0 spiro atoms. The molecule has 0 amide bonds. The fourth-order valence-electron chi connectivity index (χ4n) is 1.07. The molecule has 0 atom stereocenters. The van der Waals surface area contributed by atoms with E-state index < -0.39 is 5.97 Å². The number of carboxylic acid groups (broad SMARTS) is 1. The molecule has 1 rings (SSSR count). The Morgan fingerprint density at radius 2 is 2.29 bits per heavy atom. The Balaban J connectivity index is 3.49. The van der Waals surface area contributed by atoms with Crippen LogP contribution < -0.4 is 0 Å². The second-order valence-electron chi connectivity index (χ2n) is 2.54. The van der Waals surface area contributed by atoms with Crippen molar-refractivity contribution in [3.8, 4) is 6.07 Å². The molecule has 0 radical (unpaired) electrons. The average molecular weight is 275 g/mol. The Morgan fingerprint density at radius 1 is 1.64 bits per heavy atom. The highest BCUT2D eigenvalue weighted by Crippen LogP contribution is 2.22. The van der Waals surface area contributed by atoms with Crippen molar-refractivity contribution in [1.82, 2.24) is 0 Å². The molecule has 0 saturated carbocycles. The van der Waals surface area contributed by atoms with Gasteiger partial charge >= 0.3 is 5.97 Å². The number of hydrogen-bond donors (Lipinski definition) is 1. The summed E-state index contributed by atoms with van der Waals surface area (Å²) in [5, 5.41) is 17.6. The van der Waals surface area contributed by atoms with Crippen molar-refractivity contribution in [2.75, 3.05) is 0 Å². The smallest absolute Gasteiger partial charge is 0.337 e. The van der Waals surface area contributed by atoms with E-state index in [9.17, 15) is 4.79 Å². The molecule has 0 aliphatic carbocycles. The SMILES string of the molecule is N#Cc1c(CCl)cc(Br)cc1C(=O)O. The van der Waals surface area contributed by atoms with Crippen LogP contribution in [0.25, 0.3) is 0 Å². The van der Waals surface area contributed by atoms with E-state index in [-0.39, 0.29) is 17.0 Å². The fraction of sp³-hybridized carbons (Fsp3) is 0.111. The van der Waals surface area contributed by atoms with Crippen LogP contribution in [0.1, 0.15) is 21.5 Å². The van der Waals surface area contributed by atoms with E-state index in [0.29, 0.717) is 10.0 Å². The minimum absolute atomic E-state index is 0.0301. The van der Waals surface area contributed by atoms with Crippen molar-refractivity contribution in [1.29, 1.82) is 5.26 Å². The first-order valence-corrected chi connectivity index (χ1v) is 4.94. The number of benzene rings is 1. The van der Waals surface area contributed by atoms with Gasteiger partial charge in [-0.05, 0) is 17.7 Å². The van der Waals surface area contributed by atoms with Crippen LogP contribution in [-0.2, 0) is 5.88 Å². The first-order valence-electron chi connectivity index (χ1n) is 3.62. The Hall–Kier alpha value is -1.05. The fourth-order valence-corrected chi connectivity index (χ4v) is 1.79. The van der Waals surface area contributed by atoms with Crippen molar-refractivity contribution < 1.29 is 9.90 Å². The monoisotopic (exact) mass is 273 g/mol. The zero-order chi connectivity index (χ0) is 10.7. The minimum atomic E-state index is -1.13. The maximum absolute atomic E-state index is 10.8. The van der Waals surface area contributed by atoms with Gasteiger partial charge in [0.2, 0.25) is 0 Å². The minimum Gasteiger partial charge on any atom is -0.478 e. The topological polar surface area (TPSA) is 61.1 Å². The van der Waals surface area contributed by atoms with Crippen LogP contribution in [0.4, 0.5) is 0 Å². The Morgan fingerprint density at radius 3 is 2.71 bits per heavy atom. The molecule has 3 nitrogen and oxygen atoms in total. The van der Waals surface area contributed by atoms with E-state index in [4.69, 9.17) is 22.0 Å². The third-order valence-electron chi connectivity index (χ3n) is 1.67. The highest BCUT2D eigenvalue weighted by molar-refractivity contribution is 9.10. The van der Waals surface area contributed by atoms with Crippen LogP contribution in [-0.4, -0.2) is 11.1 Å². The van der Waals surface area contributed by atoms with Gasteiger partial charge in [-0.2, -0.15) is 5.26 Å². The molecule has 1 aromatic rings. The third kappa shape index (κ3) is 2.06. The van der Waals surface area contributed by atoms with Crippen molar-refractivity contribution in [3.63, 3.8) is 0 Å². The standard InChI is InChI=1S/C9H5BrClNO2/c10-6-1-5(3-11)8(4-12)7(2-6)9(13)14/h1-2H,3H2,(H,13,14). The first kappa shape index (κ1) is 11.0. The molecule has 0 saturated heterocycles. The molecule has 5 heteroatoms. The molecular formula is C9H5BrClNO2. The summed E-state index contributed by atoms with van der Waals surface area (Å²) < 4.78 is 0.601.